The molecule has 2 aromatic carbocycles. The molecule has 1 aliphatic rings. The number of thioether (sulfide) groups is 1. The standard InChI is InChI=1S/C27H24Cl2N4O2S2/c1-14(2)21-11-19-22(12-35-21)37-25-23(19)24(34)32(18-6-4-5-15(3)9-18)26-30-31-27(33(25)26)36-13-16-7-8-17(28)10-20(16)29/h4-10,14,21H,11-13H2,1-3H3/t21-/m1/s1. The predicted octanol–water partition coefficient (Wildman–Crippen LogP) is 7.10. The summed E-state index contributed by atoms with van der Waals surface area (Å²) >= 11 is 15.6. The zero-order valence-electron chi connectivity index (χ0n) is 20.5. The van der Waals surface area contributed by atoms with E-state index < -0.39 is 0 Å². The molecule has 0 saturated heterocycles. The van der Waals surface area contributed by atoms with Crippen LogP contribution in [-0.2, 0) is 23.5 Å². The summed E-state index contributed by atoms with van der Waals surface area (Å²) in [6, 6.07) is 13.4. The van der Waals surface area contributed by atoms with Gasteiger partial charge in [-0.25, -0.2) is 8.97 Å². The van der Waals surface area contributed by atoms with Gasteiger partial charge in [0, 0.05) is 27.1 Å². The van der Waals surface area contributed by atoms with E-state index in [9.17, 15) is 4.79 Å². The number of hydrogen-bond donors (Lipinski definition) is 0. The number of benzene rings is 2. The molecule has 0 aliphatic carbocycles. The summed E-state index contributed by atoms with van der Waals surface area (Å²) in [6.07, 6.45) is 0.793. The average molecular weight is 572 g/mol. The second-order valence-electron chi connectivity index (χ2n) is 9.60. The number of nitrogens with zero attached hydrogens (tertiary/aromatic N) is 4. The summed E-state index contributed by atoms with van der Waals surface area (Å²) in [6.45, 7) is 6.84. The number of fused-ring (bicyclic) bond motifs is 5. The summed E-state index contributed by atoms with van der Waals surface area (Å²) in [5.41, 5.74) is 3.81. The van der Waals surface area contributed by atoms with E-state index in [0.717, 1.165) is 37.5 Å². The van der Waals surface area contributed by atoms with E-state index in [1.165, 1.54) is 11.8 Å². The van der Waals surface area contributed by atoms with Gasteiger partial charge in [0.25, 0.3) is 5.56 Å². The van der Waals surface area contributed by atoms with Crippen molar-refractivity contribution >= 4 is 62.3 Å². The highest BCUT2D eigenvalue weighted by molar-refractivity contribution is 7.98. The normalized spacial score (nSPS) is 15.7. The Kier molecular flexibility index (Phi) is 6.57. The third-order valence-electron chi connectivity index (χ3n) is 6.72. The molecular weight excluding hydrogens is 547 g/mol. The van der Waals surface area contributed by atoms with E-state index >= 15 is 0 Å². The van der Waals surface area contributed by atoms with Crippen molar-refractivity contribution in [2.45, 2.75) is 50.8 Å². The van der Waals surface area contributed by atoms with Gasteiger partial charge in [-0.15, -0.1) is 21.5 Å². The van der Waals surface area contributed by atoms with Gasteiger partial charge in [0.15, 0.2) is 5.16 Å². The molecule has 0 N–H and O–H groups in total. The molecule has 0 spiro atoms. The second-order valence-corrected chi connectivity index (χ2v) is 12.5. The lowest BCUT2D eigenvalue weighted by molar-refractivity contribution is 0.00200. The molecule has 4 heterocycles. The van der Waals surface area contributed by atoms with E-state index in [1.54, 1.807) is 22.0 Å². The van der Waals surface area contributed by atoms with E-state index in [-0.39, 0.29) is 11.7 Å². The lowest BCUT2D eigenvalue weighted by Gasteiger charge is -2.26. The summed E-state index contributed by atoms with van der Waals surface area (Å²) in [5.74, 6) is 1.44. The minimum absolute atomic E-state index is 0.0697. The Morgan fingerprint density at radius 1 is 1.19 bits per heavy atom. The summed E-state index contributed by atoms with van der Waals surface area (Å²) in [4.78, 5) is 16.1. The lowest BCUT2D eigenvalue weighted by Crippen LogP contribution is -2.28. The van der Waals surface area contributed by atoms with Gasteiger partial charge < -0.3 is 4.74 Å². The maximum Gasteiger partial charge on any atom is 0.268 e. The Morgan fingerprint density at radius 2 is 2.03 bits per heavy atom. The van der Waals surface area contributed by atoms with Crippen LogP contribution in [0.5, 0.6) is 0 Å². The summed E-state index contributed by atoms with van der Waals surface area (Å²) in [5, 5.41) is 11.7. The highest BCUT2D eigenvalue weighted by Gasteiger charge is 2.30. The van der Waals surface area contributed by atoms with Gasteiger partial charge in [-0.1, -0.05) is 67.0 Å². The number of thiophene rings is 1. The predicted molar refractivity (Wildman–Crippen MR) is 152 cm³/mol. The van der Waals surface area contributed by atoms with Crippen LogP contribution in [0.4, 0.5) is 0 Å². The third kappa shape index (κ3) is 4.38. The molecule has 0 radical (unpaired) electrons. The molecule has 1 aliphatic heterocycles. The van der Waals surface area contributed by atoms with Gasteiger partial charge in [-0.05, 0) is 53.8 Å². The minimum atomic E-state index is -0.0697. The van der Waals surface area contributed by atoms with Crippen LogP contribution in [-0.4, -0.2) is 25.3 Å². The van der Waals surface area contributed by atoms with Crippen LogP contribution < -0.4 is 5.56 Å². The molecular formula is C27H24Cl2N4O2S2. The van der Waals surface area contributed by atoms with Crippen molar-refractivity contribution in [2.75, 3.05) is 0 Å². The van der Waals surface area contributed by atoms with Gasteiger partial charge in [0.05, 0.1) is 23.8 Å². The van der Waals surface area contributed by atoms with Crippen molar-refractivity contribution in [3.63, 3.8) is 0 Å². The van der Waals surface area contributed by atoms with Crippen LogP contribution in [0.3, 0.4) is 0 Å². The van der Waals surface area contributed by atoms with Gasteiger partial charge >= 0.3 is 0 Å². The molecule has 0 amide bonds. The maximum atomic E-state index is 14.1. The minimum Gasteiger partial charge on any atom is -0.372 e. The summed E-state index contributed by atoms with van der Waals surface area (Å²) < 4.78 is 9.85. The zero-order chi connectivity index (χ0) is 25.8. The first kappa shape index (κ1) is 24.9. The SMILES string of the molecule is Cc1cccc(-n2c(=O)c3c4c(sc3n3c(SCc5ccc(Cl)cc5Cl)nnc23)CO[C@@H](C(C)C)C4)c1. The molecule has 6 rings (SSSR count). The molecule has 0 fully saturated rings. The average Bonchev–Trinajstić information content (AvgIpc) is 3.45. The monoisotopic (exact) mass is 570 g/mol. The Morgan fingerprint density at radius 3 is 2.78 bits per heavy atom. The topological polar surface area (TPSA) is 61.4 Å². The molecule has 0 bridgehead atoms. The number of aromatic nitrogens is 4. The highest BCUT2D eigenvalue weighted by Crippen LogP contribution is 2.38. The first-order valence-corrected chi connectivity index (χ1v) is 14.6. The fourth-order valence-corrected chi connectivity index (χ4v) is 7.53. The lowest BCUT2D eigenvalue weighted by atomic mass is 9.96. The Labute approximate surface area is 232 Å². The van der Waals surface area contributed by atoms with Gasteiger partial charge in [0.2, 0.25) is 5.78 Å². The Balaban J connectivity index is 1.57. The van der Waals surface area contributed by atoms with Gasteiger partial charge in [-0.3, -0.25) is 4.79 Å². The molecule has 190 valence electrons. The molecule has 10 heteroatoms. The first-order chi connectivity index (χ1) is 17.8. The van der Waals surface area contributed by atoms with Crippen molar-refractivity contribution in [1.82, 2.24) is 19.2 Å². The quantitative estimate of drug-likeness (QED) is 0.211. The highest BCUT2D eigenvalue weighted by atomic mass is 35.5. The van der Waals surface area contributed by atoms with Crippen molar-refractivity contribution in [1.29, 1.82) is 0 Å². The van der Waals surface area contributed by atoms with E-state index in [4.69, 9.17) is 27.9 Å². The van der Waals surface area contributed by atoms with Crippen molar-refractivity contribution in [3.05, 3.63) is 84.4 Å². The molecule has 3 aromatic heterocycles. The van der Waals surface area contributed by atoms with Crippen LogP contribution in [0.2, 0.25) is 10.0 Å². The summed E-state index contributed by atoms with van der Waals surface area (Å²) in [7, 11) is 0. The van der Waals surface area contributed by atoms with Crippen molar-refractivity contribution < 1.29 is 4.74 Å². The molecule has 0 saturated carbocycles. The first-order valence-electron chi connectivity index (χ1n) is 12.0. The van der Waals surface area contributed by atoms with Crippen LogP contribution in [0, 0.1) is 12.8 Å². The smallest absolute Gasteiger partial charge is 0.268 e. The van der Waals surface area contributed by atoms with E-state index in [0.29, 0.717) is 45.7 Å². The maximum absolute atomic E-state index is 14.1. The van der Waals surface area contributed by atoms with Crippen LogP contribution in [0.25, 0.3) is 21.7 Å². The number of ether oxygens (including phenoxy) is 1. The van der Waals surface area contributed by atoms with Gasteiger partial charge in [-0.2, -0.15) is 0 Å². The van der Waals surface area contributed by atoms with Crippen LogP contribution in [0.15, 0.2) is 52.4 Å². The Hall–Kier alpha value is -2.36. The molecule has 1 atom stereocenters. The molecule has 6 nitrogen and oxygen atoms in total. The largest absolute Gasteiger partial charge is 0.372 e. The van der Waals surface area contributed by atoms with E-state index in [1.807, 2.05) is 47.7 Å². The number of halogens is 2. The molecule has 5 aromatic rings. The third-order valence-corrected chi connectivity index (χ3v) is 9.47. The van der Waals surface area contributed by atoms with Crippen molar-refractivity contribution in [2.24, 2.45) is 5.92 Å². The van der Waals surface area contributed by atoms with Gasteiger partial charge in [0.1, 0.15) is 4.83 Å². The van der Waals surface area contributed by atoms with Crippen molar-refractivity contribution in [3.8, 4) is 5.69 Å². The fraction of sp³-hybridized carbons (Fsp3) is 0.296. The van der Waals surface area contributed by atoms with Crippen LogP contribution >= 0.6 is 46.3 Å². The number of rotatable bonds is 5. The van der Waals surface area contributed by atoms with E-state index in [2.05, 4.69) is 24.0 Å². The Bertz CT molecular complexity index is 1720. The fourth-order valence-electron chi connectivity index (χ4n) is 4.74. The molecule has 37 heavy (non-hydrogen) atoms. The second kappa shape index (κ2) is 9.75. The van der Waals surface area contributed by atoms with Crippen LogP contribution in [0.1, 0.15) is 35.4 Å². The number of aryl methyl sites for hydroxylation is 1. The zero-order valence-corrected chi connectivity index (χ0v) is 23.6. The molecule has 0 unspecified atom stereocenters. The number of hydrogen-bond acceptors (Lipinski definition) is 6.